The van der Waals surface area contributed by atoms with Crippen LogP contribution in [-0.4, -0.2) is 59.7 Å². The Labute approximate surface area is 351 Å². The lowest BCUT2D eigenvalue weighted by molar-refractivity contribution is 0.284. The molecular weight excluding hydrogens is 837 g/mol. The van der Waals surface area contributed by atoms with Gasteiger partial charge in [-0.25, -0.2) is 12.6 Å². The van der Waals surface area contributed by atoms with Gasteiger partial charge in [0.1, 0.15) is 0 Å². The first-order chi connectivity index (χ1) is 26.9. The van der Waals surface area contributed by atoms with Gasteiger partial charge in [-0.1, -0.05) is 101 Å². The highest BCUT2D eigenvalue weighted by atomic mass is 32.3. The molecule has 326 valence electrons. The monoisotopic (exact) mass is 894 g/mol. The van der Waals surface area contributed by atoms with Crippen LogP contribution in [0.5, 0.6) is 0 Å². The molecule has 0 bridgehead atoms. The number of hydrogen-bond acceptors (Lipinski definition) is 9. The van der Waals surface area contributed by atoms with E-state index in [-0.39, 0.29) is 20.1 Å². The van der Waals surface area contributed by atoms with E-state index >= 15 is 0 Å². The summed E-state index contributed by atoms with van der Waals surface area (Å²) >= 11 is 0. The highest BCUT2D eigenvalue weighted by Crippen LogP contribution is 2.69. The predicted molar refractivity (Wildman–Crippen MR) is 233 cm³/mol. The van der Waals surface area contributed by atoms with Crippen molar-refractivity contribution in [2.75, 3.05) is 12.4 Å². The normalized spacial score (nSPS) is 15.3. The molecule has 16 heteroatoms. The van der Waals surface area contributed by atoms with Gasteiger partial charge in [-0.3, -0.25) is 13.7 Å². The molecule has 1 spiro atoms. The molecule has 4 aromatic rings. The molecule has 1 saturated carbocycles. The second-order valence-electron chi connectivity index (χ2n) is 16.2. The first-order valence-electron chi connectivity index (χ1n) is 19.1. The fraction of sp³-hybridized carbons (Fsp3) is 0.442. The lowest BCUT2D eigenvalue weighted by Gasteiger charge is -2.36. The summed E-state index contributed by atoms with van der Waals surface area (Å²) < 4.78 is 125. The van der Waals surface area contributed by atoms with Crippen LogP contribution in [0.2, 0.25) is 0 Å². The second-order valence-corrected chi connectivity index (χ2v) is 22.2. The Morgan fingerprint density at radius 1 is 0.729 bits per heavy atom. The van der Waals surface area contributed by atoms with Crippen LogP contribution in [0.15, 0.2) is 88.0 Å². The van der Waals surface area contributed by atoms with E-state index in [0.717, 1.165) is 41.3 Å². The second kappa shape index (κ2) is 18.2. The zero-order chi connectivity index (χ0) is 45.2. The van der Waals surface area contributed by atoms with Crippen molar-refractivity contribution in [1.82, 2.24) is 0 Å². The highest BCUT2D eigenvalue weighted by molar-refractivity contribution is 7.91. The van der Waals surface area contributed by atoms with Crippen LogP contribution in [-0.2, 0) is 60.9 Å². The molecule has 1 fully saturated rings. The molecule has 0 aliphatic heterocycles. The minimum absolute atomic E-state index is 0.0852. The topological polar surface area (TPSA) is 206 Å². The van der Waals surface area contributed by atoms with Gasteiger partial charge >= 0.3 is 10.4 Å². The summed E-state index contributed by atoms with van der Waals surface area (Å²) in [5, 5.41) is 1.28. The van der Waals surface area contributed by atoms with E-state index < -0.39 is 63.7 Å². The summed E-state index contributed by atoms with van der Waals surface area (Å²) in [7, 11) is -17.3. The van der Waals surface area contributed by atoms with Gasteiger partial charge in [-0.2, -0.15) is 25.3 Å². The zero-order valence-electron chi connectivity index (χ0n) is 35.4. The Bertz CT molecular complexity index is 2600. The summed E-state index contributed by atoms with van der Waals surface area (Å²) in [4.78, 5) is -0.301. The molecule has 0 saturated heterocycles. The fourth-order valence-electron chi connectivity index (χ4n) is 7.47. The van der Waals surface area contributed by atoms with Crippen LogP contribution in [0.25, 0.3) is 10.8 Å². The van der Waals surface area contributed by atoms with Gasteiger partial charge in [-0.05, 0) is 116 Å². The lowest BCUT2D eigenvalue weighted by atomic mass is 9.68. The number of hydrogen-bond donors (Lipinski definition) is 3. The van der Waals surface area contributed by atoms with Crippen LogP contribution in [0.1, 0.15) is 106 Å². The van der Waals surface area contributed by atoms with Gasteiger partial charge in [0.25, 0.3) is 20.2 Å². The van der Waals surface area contributed by atoms with Crippen LogP contribution in [0.3, 0.4) is 0 Å². The largest absolute Gasteiger partial charge is 0.397 e. The number of fused-ring (bicyclic) bond motifs is 1. The molecule has 12 nitrogen and oxygen atoms in total. The van der Waals surface area contributed by atoms with Crippen molar-refractivity contribution in [3.05, 3.63) is 112 Å². The van der Waals surface area contributed by atoms with Crippen molar-refractivity contribution in [1.29, 1.82) is 0 Å². The fourth-order valence-corrected chi connectivity index (χ4v) is 10.6. The lowest BCUT2D eigenvalue weighted by Crippen LogP contribution is -2.33. The van der Waals surface area contributed by atoms with Crippen molar-refractivity contribution in [2.24, 2.45) is 0 Å². The molecular formula is C43H58O12S4. The Hall–Kier alpha value is -3.48. The van der Waals surface area contributed by atoms with Gasteiger partial charge in [0, 0.05) is 10.8 Å². The third-order valence-electron chi connectivity index (χ3n) is 11.2. The van der Waals surface area contributed by atoms with Crippen LogP contribution in [0.4, 0.5) is 0 Å². The number of benzene rings is 4. The molecule has 0 heterocycles. The van der Waals surface area contributed by atoms with E-state index in [1.807, 2.05) is 33.8 Å². The van der Waals surface area contributed by atoms with Gasteiger partial charge in [-0.15, -0.1) is 6.58 Å². The Morgan fingerprint density at radius 3 is 1.53 bits per heavy atom. The molecule has 2 aliphatic rings. The van der Waals surface area contributed by atoms with E-state index in [4.69, 9.17) is 4.55 Å². The molecule has 3 N–H and O–H groups in total. The van der Waals surface area contributed by atoms with E-state index in [2.05, 4.69) is 69.6 Å². The van der Waals surface area contributed by atoms with Crippen molar-refractivity contribution in [3.63, 3.8) is 0 Å². The first kappa shape index (κ1) is 49.9. The van der Waals surface area contributed by atoms with Crippen LogP contribution >= 0.6 is 0 Å². The van der Waals surface area contributed by atoms with Crippen molar-refractivity contribution >= 4 is 51.2 Å². The SMILES string of the molecule is C=CCC.CCC(C)(C)c1c(S(=O)(=O)O)cc2cc(S(=O)(=O)O)c(C)c3c2c1C(C)(C)C31CC1.Cc1ccc(C)cc1.Cc1ccc(S(=O)(=O)CCOS(=O)(=O)O)cc1. The molecule has 0 atom stereocenters. The highest BCUT2D eigenvalue weighted by Gasteiger charge is 2.63. The summed E-state index contributed by atoms with van der Waals surface area (Å²) in [5.74, 6) is -0.518. The third kappa shape index (κ3) is 11.5. The van der Waals surface area contributed by atoms with E-state index in [9.17, 15) is 42.8 Å². The summed E-state index contributed by atoms with van der Waals surface area (Å²) in [6.45, 7) is 22.7. The average Bonchev–Trinajstić information content (AvgIpc) is 3.90. The zero-order valence-corrected chi connectivity index (χ0v) is 38.7. The maximum atomic E-state index is 12.5. The molecule has 59 heavy (non-hydrogen) atoms. The number of rotatable bonds is 10. The Balaban J connectivity index is 0.000000268. The summed E-state index contributed by atoms with van der Waals surface area (Å²) in [5.41, 5.74) is 5.17. The number of sulfone groups is 1. The van der Waals surface area contributed by atoms with Crippen molar-refractivity contribution in [2.45, 2.75) is 126 Å². The Kier molecular flexibility index (Phi) is 15.4. The van der Waals surface area contributed by atoms with Gasteiger partial charge in [0.05, 0.1) is 27.0 Å². The Morgan fingerprint density at radius 2 is 1.15 bits per heavy atom. The number of allylic oxidation sites excluding steroid dienone is 1. The van der Waals surface area contributed by atoms with Gasteiger partial charge < -0.3 is 0 Å². The minimum atomic E-state index is -4.60. The van der Waals surface area contributed by atoms with Crippen LogP contribution < -0.4 is 0 Å². The van der Waals surface area contributed by atoms with Gasteiger partial charge in [0.2, 0.25) is 0 Å². The minimum Gasteiger partial charge on any atom is -0.282 e. The molecule has 6 rings (SSSR count). The quantitative estimate of drug-likeness (QED) is 0.101. The van der Waals surface area contributed by atoms with Crippen molar-refractivity contribution < 1.29 is 51.5 Å². The van der Waals surface area contributed by atoms with E-state index in [1.165, 1.54) is 35.4 Å². The summed E-state index contributed by atoms with van der Waals surface area (Å²) in [6, 6.07) is 17.3. The first-order valence-corrected chi connectivity index (χ1v) is 25.0. The molecule has 4 aromatic carbocycles. The smallest absolute Gasteiger partial charge is 0.282 e. The molecule has 0 aromatic heterocycles. The van der Waals surface area contributed by atoms with Crippen molar-refractivity contribution in [3.8, 4) is 0 Å². The van der Waals surface area contributed by atoms with E-state index in [0.29, 0.717) is 22.9 Å². The molecule has 0 amide bonds. The molecule has 0 unspecified atom stereocenters. The average molecular weight is 895 g/mol. The molecule has 0 radical (unpaired) electrons. The molecule has 2 aliphatic carbocycles. The van der Waals surface area contributed by atoms with Crippen LogP contribution in [0, 0.1) is 27.7 Å². The maximum Gasteiger partial charge on any atom is 0.397 e. The van der Waals surface area contributed by atoms with Gasteiger partial charge in [0.15, 0.2) is 9.84 Å². The summed E-state index contributed by atoms with van der Waals surface area (Å²) in [6.07, 6.45) is 5.33. The number of aryl methyl sites for hydroxylation is 3. The van der Waals surface area contributed by atoms with E-state index in [1.54, 1.807) is 19.1 Å². The standard InChI is InChI=1S/C22H28O6S2.C9H12O6S2.C8H10.C4H8/c1-7-20(3,4)18-15(30(26,27)28)11-13-10-14(29(23,24)25)12(2)17-16(13)19(18)21(5,6)22(17)8-9-22;1-8-2-4-9(5-3-8)16(10,11)7-6-15-17(12,13)14;1-7-3-5-8(2)6-4-7;1-3-4-2/h10-11H,7-9H2,1-6H3,(H,23,24,25)(H,26,27,28);2-5H,6-7H2,1H3,(H,12,13,14);3-6H,1-2H3;3H,1,4H2,2H3. The maximum absolute atomic E-state index is 12.5. The predicted octanol–water partition coefficient (Wildman–Crippen LogP) is 9.13. The third-order valence-corrected chi connectivity index (χ3v) is 15.3.